The fourth-order valence-corrected chi connectivity index (χ4v) is 7.49. The number of hydrogen-bond donors (Lipinski definition) is 4. The number of ether oxygens (including phenoxy) is 2. The monoisotopic (exact) mass is 656 g/mol. The number of para-hydroxylation sites is 1. The van der Waals surface area contributed by atoms with Gasteiger partial charge in [0, 0.05) is 0 Å². The van der Waals surface area contributed by atoms with Crippen molar-refractivity contribution < 1.29 is 38.1 Å². The zero-order chi connectivity index (χ0) is 33.3. The second-order valence-corrected chi connectivity index (χ2v) is 14.7. The van der Waals surface area contributed by atoms with Gasteiger partial charge in [0.05, 0.1) is 5.69 Å². The maximum atomic E-state index is 14.2. The van der Waals surface area contributed by atoms with Gasteiger partial charge in [0.15, 0.2) is 5.82 Å². The van der Waals surface area contributed by atoms with E-state index in [1.165, 1.54) is 17.8 Å². The number of hydrogen-bond acceptors (Lipinski definition) is 12. The van der Waals surface area contributed by atoms with E-state index in [0.717, 1.165) is 25.7 Å². The van der Waals surface area contributed by atoms with Crippen LogP contribution in [0.1, 0.15) is 65.2 Å². The third kappa shape index (κ3) is 7.05. The fraction of sp³-hybridized carbons (Fsp3) is 0.548. The lowest BCUT2D eigenvalue weighted by molar-refractivity contribution is -0.153. The Morgan fingerprint density at radius 3 is 2.57 bits per heavy atom. The van der Waals surface area contributed by atoms with E-state index in [1.54, 1.807) is 42.5 Å². The van der Waals surface area contributed by atoms with Gasteiger partial charge in [-0.2, -0.15) is 15.4 Å². The molecule has 0 unspecified atom stereocenters. The summed E-state index contributed by atoms with van der Waals surface area (Å²) in [6.45, 7) is 7.30. The summed E-state index contributed by atoms with van der Waals surface area (Å²) in [4.78, 5) is 17.0. The van der Waals surface area contributed by atoms with Crippen molar-refractivity contribution in [2.24, 2.45) is 11.3 Å². The number of carbonyl (C=O) groups excluding carboxylic acids is 1. The van der Waals surface area contributed by atoms with Crippen LogP contribution in [0.2, 0.25) is 0 Å². The highest BCUT2D eigenvalue weighted by atomic mass is 31.2. The molecule has 46 heavy (non-hydrogen) atoms. The largest absolute Gasteiger partial charge is 0.461 e. The Morgan fingerprint density at radius 1 is 1.22 bits per heavy atom. The second kappa shape index (κ2) is 13.3. The number of aromatic nitrogens is 3. The van der Waals surface area contributed by atoms with Crippen molar-refractivity contribution in [3.05, 3.63) is 54.5 Å². The number of benzene rings is 1. The van der Waals surface area contributed by atoms with Gasteiger partial charge in [0.2, 0.25) is 5.60 Å². The summed E-state index contributed by atoms with van der Waals surface area (Å²) in [6, 6.07) is 12.1. The number of nitrogens with zero attached hydrogens (tertiary/aromatic N) is 4. The highest BCUT2D eigenvalue weighted by molar-refractivity contribution is 7.52. The van der Waals surface area contributed by atoms with Crippen LogP contribution in [0.15, 0.2) is 48.8 Å². The molecule has 2 aliphatic rings. The van der Waals surface area contributed by atoms with E-state index in [-0.39, 0.29) is 23.1 Å². The van der Waals surface area contributed by atoms with Gasteiger partial charge in [-0.1, -0.05) is 39.0 Å². The van der Waals surface area contributed by atoms with E-state index in [0.29, 0.717) is 17.1 Å². The number of nitrogens with two attached hydrogens (primary N) is 1. The number of anilines is 1. The summed E-state index contributed by atoms with van der Waals surface area (Å²) in [5, 5.41) is 39.0. The zero-order valence-electron chi connectivity index (χ0n) is 26.3. The predicted octanol–water partition coefficient (Wildman–Crippen LogP) is 3.70. The van der Waals surface area contributed by atoms with Crippen LogP contribution in [0.4, 0.5) is 5.82 Å². The number of carbonyl (C=O) groups is 1. The van der Waals surface area contributed by atoms with Gasteiger partial charge in [-0.05, 0) is 68.2 Å². The number of esters is 1. The number of rotatable bonds is 10. The third-order valence-electron chi connectivity index (χ3n) is 8.75. The van der Waals surface area contributed by atoms with Crippen LogP contribution in [0.3, 0.4) is 0 Å². The fourth-order valence-electron chi connectivity index (χ4n) is 5.97. The van der Waals surface area contributed by atoms with Crippen LogP contribution < -0.4 is 15.3 Å². The molecule has 0 amide bonds. The Balaban J connectivity index is 1.31. The summed E-state index contributed by atoms with van der Waals surface area (Å²) in [7, 11) is -4.43. The molecule has 0 radical (unpaired) electrons. The van der Waals surface area contributed by atoms with Gasteiger partial charge in [0.1, 0.15) is 60.7 Å². The first-order valence-electron chi connectivity index (χ1n) is 15.3. The Bertz CT molecular complexity index is 1620. The van der Waals surface area contributed by atoms with Crippen LogP contribution in [0.5, 0.6) is 5.75 Å². The van der Waals surface area contributed by atoms with Crippen LogP contribution in [-0.4, -0.2) is 67.3 Å². The average Bonchev–Trinajstić information content (AvgIpc) is 3.56. The average molecular weight is 657 g/mol. The number of aliphatic hydroxyl groups is 2. The van der Waals surface area contributed by atoms with E-state index >= 15 is 0 Å². The highest BCUT2D eigenvalue weighted by Crippen LogP contribution is 2.48. The Kier molecular flexibility index (Phi) is 9.75. The molecule has 15 heteroatoms. The third-order valence-corrected chi connectivity index (χ3v) is 10.4. The van der Waals surface area contributed by atoms with Gasteiger partial charge in [0.25, 0.3) is 0 Å². The highest BCUT2D eigenvalue weighted by Gasteiger charge is 2.57. The number of nitrogens with one attached hydrogen (secondary N) is 1. The van der Waals surface area contributed by atoms with Gasteiger partial charge in [-0.25, -0.2) is 14.1 Å². The van der Waals surface area contributed by atoms with Gasteiger partial charge in [-0.15, -0.1) is 0 Å². The minimum absolute atomic E-state index is 0.160. The maximum absolute atomic E-state index is 14.2. The molecule has 1 saturated carbocycles. The van der Waals surface area contributed by atoms with Crippen LogP contribution >= 0.6 is 7.75 Å². The molecule has 6 atom stereocenters. The molecule has 2 fully saturated rings. The lowest BCUT2D eigenvalue weighted by Crippen LogP contribution is -2.46. The SMILES string of the molecule is C[C@H](N[P@@](=O)(OC[C@@]1(C#N)O[C@@H](c2ccc3c(N)ncnn23)[C@H](O)[C@@H]1O)Oc1ccccc1)C(=O)O[C@H]1CC[C@H](C(C)(C)C)CC1. The number of nitrogen functional groups attached to an aromatic ring is 1. The molecule has 5 N–H and O–H groups in total. The molecule has 0 spiro atoms. The van der Waals surface area contributed by atoms with Gasteiger partial charge >= 0.3 is 13.7 Å². The number of fused-ring (bicyclic) bond motifs is 1. The van der Waals surface area contributed by atoms with E-state index < -0.39 is 50.3 Å². The number of nitriles is 1. The van der Waals surface area contributed by atoms with Crippen molar-refractivity contribution in [1.82, 2.24) is 19.7 Å². The molecular formula is C31H41N6O8P. The standard InChI is InChI=1S/C31H41N6O8P/c1-19(29(40)43-21-12-10-20(11-13-21)30(2,3)4)36-46(41,45-22-8-6-5-7-9-22)42-17-31(16-32)27(39)25(38)26(44-31)23-14-15-24-28(33)34-18-35-37(23)24/h5-9,14-15,18-21,25-27,38-39H,10-13,17H2,1-4H3,(H,36,41)(H2,33,34,35)/t19-,20-,21-,25-,26-,27-,31+,46+/m0/s1. The van der Waals surface area contributed by atoms with E-state index in [4.69, 9.17) is 24.3 Å². The smallest absolute Gasteiger partial charge is 0.459 e. The Labute approximate surface area is 267 Å². The lowest BCUT2D eigenvalue weighted by atomic mass is 9.72. The molecule has 1 aromatic carbocycles. The summed E-state index contributed by atoms with van der Waals surface area (Å²) in [5.74, 6) is 0.240. The molecule has 1 aliphatic heterocycles. The Hall–Kier alpha value is -3.57. The zero-order valence-corrected chi connectivity index (χ0v) is 27.2. The molecule has 248 valence electrons. The summed E-state index contributed by atoms with van der Waals surface area (Å²) in [6.07, 6.45) is -0.332. The van der Waals surface area contributed by atoms with E-state index in [2.05, 4.69) is 35.9 Å². The van der Waals surface area contributed by atoms with Crippen molar-refractivity contribution in [1.29, 1.82) is 5.26 Å². The van der Waals surface area contributed by atoms with Crippen molar-refractivity contribution in [3.8, 4) is 11.8 Å². The molecule has 0 bridgehead atoms. The van der Waals surface area contributed by atoms with Gasteiger partial charge in [-0.3, -0.25) is 9.32 Å². The van der Waals surface area contributed by atoms with E-state index in [1.807, 2.05) is 6.07 Å². The topological polar surface area (TPSA) is 204 Å². The summed E-state index contributed by atoms with van der Waals surface area (Å²) in [5.41, 5.74) is 4.64. The molecule has 5 rings (SSSR count). The molecule has 1 saturated heterocycles. The quantitative estimate of drug-likeness (QED) is 0.182. The predicted molar refractivity (Wildman–Crippen MR) is 166 cm³/mol. The van der Waals surface area contributed by atoms with Crippen molar-refractivity contribution in [3.63, 3.8) is 0 Å². The summed E-state index contributed by atoms with van der Waals surface area (Å²) >= 11 is 0. The normalized spacial score (nSPS) is 28.7. The molecule has 14 nitrogen and oxygen atoms in total. The van der Waals surface area contributed by atoms with Crippen molar-refractivity contribution in [2.45, 2.75) is 89.4 Å². The molecular weight excluding hydrogens is 615 g/mol. The first kappa shape index (κ1) is 33.8. The Morgan fingerprint density at radius 2 is 1.91 bits per heavy atom. The van der Waals surface area contributed by atoms with Crippen molar-refractivity contribution >= 4 is 25.1 Å². The van der Waals surface area contributed by atoms with E-state index in [9.17, 15) is 24.8 Å². The van der Waals surface area contributed by atoms with Crippen LogP contribution in [-0.2, 0) is 23.4 Å². The van der Waals surface area contributed by atoms with Crippen molar-refractivity contribution in [2.75, 3.05) is 12.3 Å². The lowest BCUT2D eigenvalue weighted by Gasteiger charge is -2.37. The first-order valence-corrected chi connectivity index (χ1v) is 16.8. The maximum Gasteiger partial charge on any atom is 0.459 e. The van der Waals surface area contributed by atoms with Crippen LogP contribution in [0.25, 0.3) is 5.52 Å². The number of aliphatic hydroxyl groups excluding tert-OH is 2. The first-order chi connectivity index (χ1) is 21.7. The minimum atomic E-state index is -4.43. The summed E-state index contributed by atoms with van der Waals surface area (Å²) < 4.78 is 38.7. The minimum Gasteiger partial charge on any atom is -0.461 e. The molecule has 3 aromatic rings. The van der Waals surface area contributed by atoms with Gasteiger partial charge < -0.3 is 29.9 Å². The molecule has 2 aromatic heterocycles. The second-order valence-electron chi connectivity index (χ2n) is 13.0. The molecule has 3 heterocycles. The van der Waals surface area contributed by atoms with Crippen LogP contribution in [0, 0.1) is 22.7 Å². The molecule has 1 aliphatic carbocycles.